The number of allylic oxidation sites excluding steroid dienone is 1. The minimum absolute atomic E-state index is 0.854. The Labute approximate surface area is 70.4 Å². The van der Waals surface area contributed by atoms with E-state index in [1.165, 1.54) is 19.3 Å². The van der Waals surface area contributed by atoms with Crippen molar-refractivity contribution in [3.05, 3.63) is 12.3 Å². The highest BCUT2D eigenvalue weighted by atomic mass is 16.5. The van der Waals surface area contributed by atoms with E-state index in [-0.39, 0.29) is 0 Å². The molecule has 1 heteroatoms. The minimum atomic E-state index is 0.854. The zero-order valence-corrected chi connectivity index (χ0v) is 7.86. The van der Waals surface area contributed by atoms with Gasteiger partial charge in [0.15, 0.2) is 0 Å². The Balaban J connectivity index is 3.04. The molecule has 11 heavy (non-hydrogen) atoms. The molecule has 0 saturated carbocycles. The molecule has 0 N–H and O–H groups in total. The molecule has 0 spiro atoms. The Morgan fingerprint density at radius 1 is 1.18 bits per heavy atom. The van der Waals surface area contributed by atoms with Crippen LogP contribution >= 0.6 is 0 Å². The summed E-state index contributed by atoms with van der Waals surface area (Å²) in [4.78, 5) is 0. The maximum absolute atomic E-state index is 5.39. The van der Waals surface area contributed by atoms with Crippen LogP contribution in [0.1, 0.15) is 46.0 Å². The molecule has 0 radical (unpaired) electrons. The first-order valence-electron chi connectivity index (χ1n) is 4.61. The highest BCUT2D eigenvalue weighted by Gasteiger charge is 1.91. The van der Waals surface area contributed by atoms with E-state index in [4.69, 9.17) is 4.74 Å². The van der Waals surface area contributed by atoms with Crippen LogP contribution in [0.15, 0.2) is 12.3 Å². The third-order valence-electron chi connectivity index (χ3n) is 1.58. The van der Waals surface area contributed by atoms with Crippen molar-refractivity contribution >= 4 is 0 Å². The molecule has 0 rings (SSSR count). The lowest BCUT2D eigenvalue weighted by atomic mass is 10.2. The summed E-state index contributed by atoms with van der Waals surface area (Å²) in [6.45, 7) is 9.01. The molecule has 0 atom stereocenters. The van der Waals surface area contributed by atoms with Crippen LogP contribution in [0.3, 0.4) is 0 Å². The number of rotatable bonds is 7. The molecule has 0 aromatic carbocycles. The van der Waals surface area contributed by atoms with E-state index >= 15 is 0 Å². The standard InChI is InChI=1S/C10H20O/c1-4-6-7-9-11-10(3)8-5-2/h3-9H2,1-2H3. The predicted molar refractivity (Wildman–Crippen MR) is 49.5 cm³/mol. The Morgan fingerprint density at radius 3 is 2.45 bits per heavy atom. The topological polar surface area (TPSA) is 9.23 Å². The van der Waals surface area contributed by atoms with Crippen LogP contribution in [-0.4, -0.2) is 6.61 Å². The van der Waals surface area contributed by atoms with Gasteiger partial charge in [-0.25, -0.2) is 0 Å². The maximum Gasteiger partial charge on any atom is 0.0888 e. The minimum Gasteiger partial charge on any atom is -0.499 e. The number of unbranched alkanes of at least 4 members (excludes halogenated alkanes) is 2. The van der Waals surface area contributed by atoms with Crippen LogP contribution in [0.25, 0.3) is 0 Å². The fourth-order valence-electron chi connectivity index (χ4n) is 0.920. The molecule has 0 saturated heterocycles. The lowest BCUT2D eigenvalue weighted by Crippen LogP contribution is -1.93. The molecule has 66 valence electrons. The molecule has 0 unspecified atom stereocenters. The lowest BCUT2D eigenvalue weighted by molar-refractivity contribution is 0.197. The fraction of sp³-hybridized carbons (Fsp3) is 0.800. The van der Waals surface area contributed by atoms with Gasteiger partial charge in [0, 0.05) is 6.42 Å². The number of ether oxygens (including phenoxy) is 1. The summed E-state index contributed by atoms with van der Waals surface area (Å²) < 4.78 is 5.39. The van der Waals surface area contributed by atoms with Gasteiger partial charge in [-0.1, -0.05) is 33.3 Å². The summed E-state index contributed by atoms with van der Waals surface area (Å²) >= 11 is 0. The monoisotopic (exact) mass is 156 g/mol. The molecular formula is C10H20O. The van der Waals surface area contributed by atoms with Gasteiger partial charge < -0.3 is 4.74 Å². The van der Waals surface area contributed by atoms with Gasteiger partial charge in [0.2, 0.25) is 0 Å². The SMILES string of the molecule is C=C(CCC)OCCCCC. The normalized spacial score (nSPS) is 9.64. The van der Waals surface area contributed by atoms with E-state index in [0.29, 0.717) is 0 Å². The molecule has 0 aromatic heterocycles. The maximum atomic E-state index is 5.39. The van der Waals surface area contributed by atoms with Crippen LogP contribution < -0.4 is 0 Å². The molecule has 0 aromatic rings. The van der Waals surface area contributed by atoms with E-state index in [0.717, 1.165) is 25.2 Å². The van der Waals surface area contributed by atoms with Gasteiger partial charge in [0.25, 0.3) is 0 Å². The van der Waals surface area contributed by atoms with Crippen molar-refractivity contribution in [2.45, 2.75) is 46.0 Å². The van der Waals surface area contributed by atoms with Crippen molar-refractivity contribution in [1.29, 1.82) is 0 Å². The molecule has 0 aliphatic carbocycles. The smallest absolute Gasteiger partial charge is 0.0888 e. The molecule has 0 bridgehead atoms. The molecule has 0 fully saturated rings. The molecule has 0 amide bonds. The molecule has 1 nitrogen and oxygen atoms in total. The summed E-state index contributed by atoms with van der Waals surface area (Å²) in [7, 11) is 0. The zero-order chi connectivity index (χ0) is 8.53. The van der Waals surface area contributed by atoms with E-state index < -0.39 is 0 Å². The number of hydrogen-bond acceptors (Lipinski definition) is 1. The van der Waals surface area contributed by atoms with Crippen molar-refractivity contribution in [3.63, 3.8) is 0 Å². The van der Waals surface area contributed by atoms with Crippen LogP contribution in [0, 0.1) is 0 Å². The third kappa shape index (κ3) is 7.44. The largest absolute Gasteiger partial charge is 0.499 e. The quantitative estimate of drug-likeness (QED) is 0.405. The van der Waals surface area contributed by atoms with Gasteiger partial charge in [0.1, 0.15) is 0 Å². The second-order valence-corrected chi connectivity index (χ2v) is 2.84. The highest BCUT2D eigenvalue weighted by Crippen LogP contribution is 2.04. The van der Waals surface area contributed by atoms with Crippen molar-refractivity contribution in [2.24, 2.45) is 0 Å². The van der Waals surface area contributed by atoms with Crippen LogP contribution in [0.5, 0.6) is 0 Å². The summed E-state index contributed by atoms with van der Waals surface area (Å²) in [6.07, 6.45) is 5.82. The average Bonchev–Trinajstić information content (AvgIpc) is 1.99. The summed E-state index contributed by atoms with van der Waals surface area (Å²) in [5.74, 6) is 0.948. The zero-order valence-electron chi connectivity index (χ0n) is 7.86. The van der Waals surface area contributed by atoms with E-state index in [1.54, 1.807) is 0 Å². The van der Waals surface area contributed by atoms with Crippen molar-refractivity contribution in [3.8, 4) is 0 Å². The molecule has 0 aliphatic heterocycles. The molecule has 0 heterocycles. The van der Waals surface area contributed by atoms with E-state index in [9.17, 15) is 0 Å². The van der Waals surface area contributed by atoms with E-state index in [2.05, 4.69) is 20.4 Å². The van der Waals surface area contributed by atoms with Crippen LogP contribution in [-0.2, 0) is 4.74 Å². The summed E-state index contributed by atoms with van der Waals surface area (Å²) in [5, 5.41) is 0. The average molecular weight is 156 g/mol. The van der Waals surface area contributed by atoms with Crippen molar-refractivity contribution < 1.29 is 4.74 Å². The van der Waals surface area contributed by atoms with Crippen LogP contribution in [0.2, 0.25) is 0 Å². The van der Waals surface area contributed by atoms with Crippen molar-refractivity contribution in [2.75, 3.05) is 6.61 Å². The van der Waals surface area contributed by atoms with Gasteiger partial charge in [0.05, 0.1) is 12.4 Å². The first-order valence-corrected chi connectivity index (χ1v) is 4.61. The third-order valence-corrected chi connectivity index (χ3v) is 1.58. The Morgan fingerprint density at radius 2 is 1.91 bits per heavy atom. The highest BCUT2D eigenvalue weighted by molar-refractivity contribution is 4.80. The van der Waals surface area contributed by atoms with Gasteiger partial charge in [-0.15, -0.1) is 0 Å². The van der Waals surface area contributed by atoms with E-state index in [1.807, 2.05) is 0 Å². The fourth-order valence-corrected chi connectivity index (χ4v) is 0.920. The second-order valence-electron chi connectivity index (χ2n) is 2.84. The second kappa shape index (κ2) is 7.64. The molecule has 0 aliphatic rings. The lowest BCUT2D eigenvalue weighted by Gasteiger charge is -2.06. The van der Waals surface area contributed by atoms with Crippen LogP contribution in [0.4, 0.5) is 0 Å². The van der Waals surface area contributed by atoms with Crippen molar-refractivity contribution in [1.82, 2.24) is 0 Å². The first kappa shape index (κ1) is 10.5. The van der Waals surface area contributed by atoms with Gasteiger partial charge >= 0.3 is 0 Å². The Kier molecular flexibility index (Phi) is 7.33. The number of hydrogen-bond donors (Lipinski definition) is 0. The first-order chi connectivity index (χ1) is 5.31. The van der Waals surface area contributed by atoms with Gasteiger partial charge in [-0.2, -0.15) is 0 Å². The molecular weight excluding hydrogens is 136 g/mol. The van der Waals surface area contributed by atoms with Gasteiger partial charge in [-0.3, -0.25) is 0 Å². The van der Waals surface area contributed by atoms with Gasteiger partial charge in [-0.05, 0) is 12.8 Å². The predicted octanol–water partition coefficient (Wildman–Crippen LogP) is 3.51. The summed E-state index contributed by atoms with van der Waals surface area (Å²) in [5.41, 5.74) is 0. The Hall–Kier alpha value is -0.460. The summed E-state index contributed by atoms with van der Waals surface area (Å²) in [6, 6.07) is 0. The Bertz CT molecular complexity index is 97.0.